The molecule has 1 aliphatic carbocycles. The zero-order chi connectivity index (χ0) is 14.0. The predicted molar refractivity (Wildman–Crippen MR) is 83.3 cm³/mol. The van der Waals surface area contributed by atoms with Gasteiger partial charge in [-0.2, -0.15) is 0 Å². The van der Waals surface area contributed by atoms with Crippen molar-refractivity contribution in [1.82, 2.24) is 4.90 Å². The van der Waals surface area contributed by atoms with Crippen LogP contribution in [0.5, 0.6) is 0 Å². The van der Waals surface area contributed by atoms with E-state index in [1.54, 1.807) is 0 Å². The van der Waals surface area contributed by atoms with E-state index in [0.29, 0.717) is 11.5 Å². The largest absolute Gasteiger partial charge is 0.399 e. The topological polar surface area (TPSA) is 29.3 Å². The third-order valence-corrected chi connectivity index (χ3v) is 4.49. The van der Waals surface area contributed by atoms with Crippen LogP contribution in [0.2, 0.25) is 0 Å². The van der Waals surface area contributed by atoms with Gasteiger partial charge in [-0.15, -0.1) is 0 Å². The van der Waals surface area contributed by atoms with Crippen molar-refractivity contribution in [3.8, 4) is 0 Å². The van der Waals surface area contributed by atoms with Crippen LogP contribution in [0.25, 0.3) is 0 Å². The number of anilines is 1. The quantitative estimate of drug-likeness (QED) is 0.791. The second-order valence-electron chi connectivity index (χ2n) is 6.80. The first-order valence-electron chi connectivity index (χ1n) is 7.49. The van der Waals surface area contributed by atoms with Gasteiger partial charge in [0.2, 0.25) is 0 Å². The van der Waals surface area contributed by atoms with Gasteiger partial charge in [0.1, 0.15) is 0 Å². The number of nitrogens with zero attached hydrogens (tertiary/aromatic N) is 1. The molecular weight excluding hydrogens is 232 g/mol. The third-order valence-electron chi connectivity index (χ3n) is 4.49. The molecule has 0 bridgehead atoms. The molecule has 0 saturated heterocycles. The minimum Gasteiger partial charge on any atom is -0.399 e. The van der Waals surface area contributed by atoms with E-state index in [1.807, 2.05) is 12.1 Å². The van der Waals surface area contributed by atoms with Gasteiger partial charge in [0.25, 0.3) is 0 Å². The van der Waals surface area contributed by atoms with Crippen molar-refractivity contribution < 1.29 is 0 Å². The molecule has 1 fully saturated rings. The standard InChI is InChI=1S/C17H28N2/c1-13(2)11-14(3)19(4)12-17(9-10-17)15-5-7-16(18)8-6-15/h5-8,13-14H,9-12,18H2,1-4H3. The lowest BCUT2D eigenvalue weighted by Gasteiger charge is -2.30. The Hall–Kier alpha value is -1.02. The van der Waals surface area contributed by atoms with Gasteiger partial charge >= 0.3 is 0 Å². The molecule has 0 heterocycles. The van der Waals surface area contributed by atoms with Crippen molar-refractivity contribution in [2.45, 2.75) is 51.5 Å². The van der Waals surface area contributed by atoms with Gasteiger partial charge < -0.3 is 10.6 Å². The summed E-state index contributed by atoms with van der Waals surface area (Å²) in [6.07, 6.45) is 3.90. The molecule has 0 radical (unpaired) electrons. The number of benzene rings is 1. The van der Waals surface area contributed by atoms with Crippen molar-refractivity contribution >= 4 is 5.69 Å². The molecule has 2 rings (SSSR count). The summed E-state index contributed by atoms with van der Waals surface area (Å²) < 4.78 is 0. The summed E-state index contributed by atoms with van der Waals surface area (Å²) in [5.74, 6) is 0.768. The summed E-state index contributed by atoms with van der Waals surface area (Å²) in [6, 6.07) is 9.15. The average Bonchev–Trinajstić information content (AvgIpc) is 3.09. The van der Waals surface area contributed by atoms with E-state index in [4.69, 9.17) is 5.73 Å². The van der Waals surface area contributed by atoms with Crippen molar-refractivity contribution in [1.29, 1.82) is 0 Å². The van der Waals surface area contributed by atoms with Crippen LogP contribution < -0.4 is 5.73 Å². The number of nitrogen functional groups attached to an aromatic ring is 1. The van der Waals surface area contributed by atoms with Gasteiger partial charge in [0.15, 0.2) is 0 Å². The monoisotopic (exact) mass is 260 g/mol. The molecule has 19 heavy (non-hydrogen) atoms. The Bertz CT molecular complexity index is 404. The minimum absolute atomic E-state index is 0.397. The van der Waals surface area contributed by atoms with Crippen LogP contribution in [0.15, 0.2) is 24.3 Å². The van der Waals surface area contributed by atoms with E-state index in [-0.39, 0.29) is 0 Å². The summed E-state index contributed by atoms with van der Waals surface area (Å²) in [6.45, 7) is 8.12. The maximum atomic E-state index is 5.78. The molecular formula is C17H28N2. The molecule has 2 N–H and O–H groups in total. The van der Waals surface area contributed by atoms with Gasteiger partial charge in [-0.3, -0.25) is 0 Å². The highest BCUT2D eigenvalue weighted by Gasteiger charge is 2.45. The van der Waals surface area contributed by atoms with Crippen molar-refractivity contribution in [2.75, 3.05) is 19.3 Å². The molecule has 0 aromatic heterocycles. The number of nitrogens with two attached hydrogens (primary N) is 1. The Morgan fingerprint density at radius 2 is 1.74 bits per heavy atom. The number of hydrogen-bond acceptors (Lipinski definition) is 2. The van der Waals surface area contributed by atoms with Crippen LogP contribution in [0.1, 0.15) is 45.6 Å². The molecule has 1 aromatic carbocycles. The van der Waals surface area contributed by atoms with E-state index in [1.165, 1.54) is 31.4 Å². The molecule has 0 spiro atoms. The summed E-state index contributed by atoms with van der Waals surface area (Å²) in [5.41, 5.74) is 8.51. The fraction of sp³-hybridized carbons (Fsp3) is 0.647. The maximum absolute atomic E-state index is 5.78. The van der Waals surface area contributed by atoms with Gasteiger partial charge in [0, 0.05) is 23.7 Å². The Kier molecular flexibility index (Phi) is 4.19. The maximum Gasteiger partial charge on any atom is 0.0314 e. The molecule has 1 saturated carbocycles. The lowest BCUT2D eigenvalue weighted by molar-refractivity contribution is 0.210. The van der Waals surface area contributed by atoms with Crippen LogP contribution in [-0.4, -0.2) is 24.5 Å². The van der Waals surface area contributed by atoms with E-state index in [2.05, 4.69) is 44.9 Å². The Labute approximate surface area is 118 Å². The summed E-state index contributed by atoms with van der Waals surface area (Å²) in [7, 11) is 2.27. The Balaban J connectivity index is 2.00. The van der Waals surface area contributed by atoms with E-state index in [9.17, 15) is 0 Å². The van der Waals surface area contributed by atoms with E-state index >= 15 is 0 Å². The Morgan fingerprint density at radius 3 is 2.21 bits per heavy atom. The van der Waals surface area contributed by atoms with Gasteiger partial charge in [0.05, 0.1) is 0 Å². The third kappa shape index (κ3) is 3.50. The highest BCUT2D eigenvalue weighted by molar-refractivity contribution is 5.43. The highest BCUT2D eigenvalue weighted by atomic mass is 15.1. The van der Waals surface area contributed by atoms with Crippen LogP contribution in [0.3, 0.4) is 0 Å². The van der Waals surface area contributed by atoms with Gasteiger partial charge in [-0.05, 0) is 56.8 Å². The molecule has 1 aliphatic rings. The molecule has 1 atom stereocenters. The zero-order valence-corrected chi connectivity index (χ0v) is 12.8. The molecule has 106 valence electrons. The zero-order valence-electron chi connectivity index (χ0n) is 12.8. The first kappa shape index (κ1) is 14.4. The lowest BCUT2D eigenvalue weighted by atomic mass is 9.94. The Morgan fingerprint density at radius 1 is 1.16 bits per heavy atom. The second kappa shape index (κ2) is 5.54. The summed E-state index contributed by atoms with van der Waals surface area (Å²) >= 11 is 0. The second-order valence-corrected chi connectivity index (χ2v) is 6.80. The molecule has 2 nitrogen and oxygen atoms in total. The summed E-state index contributed by atoms with van der Waals surface area (Å²) in [5, 5.41) is 0. The fourth-order valence-corrected chi connectivity index (χ4v) is 3.02. The number of likely N-dealkylation sites (N-methyl/N-ethyl adjacent to an activating group) is 1. The van der Waals surface area contributed by atoms with E-state index in [0.717, 1.165) is 11.6 Å². The van der Waals surface area contributed by atoms with Gasteiger partial charge in [-0.1, -0.05) is 26.0 Å². The van der Waals surface area contributed by atoms with Crippen LogP contribution in [0.4, 0.5) is 5.69 Å². The molecule has 1 aromatic rings. The van der Waals surface area contributed by atoms with Crippen molar-refractivity contribution in [3.05, 3.63) is 29.8 Å². The normalized spacial score (nSPS) is 18.8. The minimum atomic E-state index is 0.397. The van der Waals surface area contributed by atoms with Crippen molar-refractivity contribution in [2.24, 2.45) is 5.92 Å². The molecule has 2 heteroatoms. The fourth-order valence-electron chi connectivity index (χ4n) is 3.02. The first-order chi connectivity index (χ1) is 8.93. The summed E-state index contributed by atoms with van der Waals surface area (Å²) in [4.78, 5) is 2.53. The SMILES string of the molecule is CC(C)CC(C)N(C)CC1(c2ccc(N)cc2)CC1. The van der Waals surface area contributed by atoms with Crippen molar-refractivity contribution in [3.63, 3.8) is 0 Å². The van der Waals surface area contributed by atoms with Crippen LogP contribution in [0, 0.1) is 5.92 Å². The molecule has 1 unspecified atom stereocenters. The number of rotatable bonds is 6. The molecule has 0 amide bonds. The smallest absolute Gasteiger partial charge is 0.0314 e. The van der Waals surface area contributed by atoms with Crippen LogP contribution >= 0.6 is 0 Å². The predicted octanol–water partition coefficient (Wildman–Crippen LogP) is 3.67. The number of hydrogen-bond donors (Lipinski definition) is 1. The first-order valence-corrected chi connectivity index (χ1v) is 7.49. The molecule has 0 aliphatic heterocycles. The van der Waals surface area contributed by atoms with Crippen LogP contribution in [-0.2, 0) is 5.41 Å². The lowest BCUT2D eigenvalue weighted by Crippen LogP contribution is -2.36. The van der Waals surface area contributed by atoms with E-state index < -0.39 is 0 Å². The average molecular weight is 260 g/mol. The highest BCUT2D eigenvalue weighted by Crippen LogP contribution is 2.49. The van der Waals surface area contributed by atoms with Gasteiger partial charge in [-0.25, -0.2) is 0 Å².